The van der Waals surface area contributed by atoms with Gasteiger partial charge in [-0.05, 0) is 56.0 Å². The van der Waals surface area contributed by atoms with Crippen molar-refractivity contribution in [2.45, 2.75) is 40.2 Å². The average molecular weight is 341 g/mol. The highest BCUT2D eigenvalue weighted by Gasteiger charge is 2.18. The van der Waals surface area contributed by atoms with Crippen LogP contribution in [-0.2, 0) is 4.79 Å². The number of para-hydroxylation sites is 1. The molecule has 1 N–H and O–H groups in total. The number of rotatable bonds is 8. The van der Waals surface area contributed by atoms with Gasteiger partial charge in [0.1, 0.15) is 18.1 Å². The highest BCUT2D eigenvalue weighted by molar-refractivity contribution is 5.81. The van der Waals surface area contributed by atoms with E-state index in [-0.39, 0.29) is 5.91 Å². The molecule has 2 rings (SSSR count). The van der Waals surface area contributed by atoms with Gasteiger partial charge >= 0.3 is 0 Å². The number of amides is 1. The van der Waals surface area contributed by atoms with Crippen LogP contribution in [0.2, 0.25) is 0 Å². The van der Waals surface area contributed by atoms with E-state index in [1.54, 1.807) is 0 Å². The first-order valence-corrected chi connectivity index (χ1v) is 8.71. The van der Waals surface area contributed by atoms with Gasteiger partial charge in [0.15, 0.2) is 6.10 Å². The van der Waals surface area contributed by atoms with E-state index in [0.29, 0.717) is 19.6 Å². The summed E-state index contributed by atoms with van der Waals surface area (Å²) in [5, 5.41) is 2.89. The summed E-state index contributed by atoms with van der Waals surface area (Å²) in [5.74, 6) is 1.49. The molecule has 0 saturated carbocycles. The maximum Gasteiger partial charge on any atom is 0.261 e. The molecule has 0 unspecified atom stereocenters. The number of hydrogen-bond donors (Lipinski definition) is 1. The normalized spacial score (nSPS) is 11.7. The van der Waals surface area contributed by atoms with Crippen molar-refractivity contribution in [2.24, 2.45) is 0 Å². The minimum absolute atomic E-state index is 0.114. The monoisotopic (exact) mass is 341 g/mol. The molecule has 0 spiro atoms. The van der Waals surface area contributed by atoms with E-state index in [2.05, 4.69) is 5.32 Å². The second-order valence-electron chi connectivity index (χ2n) is 6.19. The van der Waals surface area contributed by atoms with Crippen molar-refractivity contribution in [3.05, 3.63) is 59.2 Å². The van der Waals surface area contributed by atoms with Gasteiger partial charge in [0.25, 0.3) is 5.91 Å². The summed E-state index contributed by atoms with van der Waals surface area (Å²) in [4.78, 5) is 12.4. The number of nitrogens with one attached hydrogen (secondary N) is 1. The van der Waals surface area contributed by atoms with Crippen LogP contribution in [0.4, 0.5) is 0 Å². The maximum absolute atomic E-state index is 12.4. The Balaban J connectivity index is 1.83. The lowest BCUT2D eigenvalue weighted by atomic mass is 10.1. The Labute approximate surface area is 150 Å². The smallest absolute Gasteiger partial charge is 0.261 e. The van der Waals surface area contributed by atoms with Crippen molar-refractivity contribution in [2.75, 3.05) is 13.2 Å². The molecule has 0 aliphatic rings. The van der Waals surface area contributed by atoms with Crippen LogP contribution < -0.4 is 14.8 Å². The first-order chi connectivity index (χ1) is 12.0. The van der Waals surface area contributed by atoms with Crippen LogP contribution in [0.15, 0.2) is 42.5 Å². The Kier molecular flexibility index (Phi) is 6.87. The number of carbonyl (C=O) groups is 1. The van der Waals surface area contributed by atoms with Crippen molar-refractivity contribution in [3.63, 3.8) is 0 Å². The number of carbonyl (C=O) groups excluding carboxylic acids is 1. The predicted octanol–water partition coefficient (Wildman–Crippen LogP) is 3.96. The van der Waals surface area contributed by atoms with E-state index in [1.165, 1.54) is 0 Å². The van der Waals surface area contributed by atoms with Gasteiger partial charge in [0, 0.05) is 0 Å². The third kappa shape index (κ3) is 5.52. The summed E-state index contributed by atoms with van der Waals surface area (Å²) in [7, 11) is 0. The largest absolute Gasteiger partial charge is 0.491 e. The van der Waals surface area contributed by atoms with E-state index < -0.39 is 6.10 Å². The molecule has 1 amide bonds. The average Bonchev–Trinajstić information content (AvgIpc) is 2.60. The van der Waals surface area contributed by atoms with Gasteiger partial charge in [0.05, 0.1) is 6.54 Å². The second kappa shape index (κ2) is 9.11. The van der Waals surface area contributed by atoms with Crippen LogP contribution in [0.5, 0.6) is 11.5 Å². The summed E-state index contributed by atoms with van der Waals surface area (Å²) in [6.45, 7) is 8.81. The first kappa shape index (κ1) is 18.8. The maximum atomic E-state index is 12.4. The van der Waals surface area contributed by atoms with Gasteiger partial charge in [-0.15, -0.1) is 0 Å². The van der Waals surface area contributed by atoms with Crippen molar-refractivity contribution < 1.29 is 14.3 Å². The third-order valence-electron chi connectivity index (χ3n) is 4.03. The molecule has 134 valence electrons. The molecule has 4 nitrogen and oxygen atoms in total. The molecule has 25 heavy (non-hydrogen) atoms. The summed E-state index contributed by atoms with van der Waals surface area (Å²) in [6.07, 6.45) is 0.108. The summed E-state index contributed by atoms with van der Waals surface area (Å²) >= 11 is 0. The Bertz CT molecular complexity index is 712. The van der Waals surface area contributed by atoms with Crippen molar-refractivity contribution in [1.29, 1.82) is 0 Å². The SMILES string of the molecule is CC[C@@H](Oc1cc(C)ccc1C)C(=O)NCCOc1ccccc1C. The Morgan fingerprint density at radius 3 is 2.48 bits per heavy atom. The third-order valence-corrected chi connectivity index (χ3v) is 4.03. The summed E-state index contributed by atoms with van der Waals surface area (Å²) in [6, 6.07) is 13.8. The zero-order chi connectivity index (χ0) is 18.2. The number of ether oxygens (including phenoxy) is 2. The van der Waals surface area contributed by atoms with Crippen LogP contribution in [-0.4, -0.2) is 25.2 Å². The Morgan fingerprint density at radius 1 is 1.04 bits per heavy atom. The summed E-state index contributed by atoms with van der Waals surface area (Å²) in [5.41, 5.74) is 3.22. The topological polar surface area (TPSA) is 47.6 Å². The van der Waals surface area contributed by atoms with Crippen LogP contribution >= 0.6 is 0 Å². The van der Waals surface area contributed by atoms with Gasteiger partial charge in [-0.2, -0.15) is 0 Å². The molecule has 0 heterocycles. The molecule has 0 aliphatic heterocycles. The summed E-state index contributed by atoms with van der Waals surface area (Å²) < 4.78 is 11.6. The Hall–Kier alpha value is -2.49. The molecular weight excluding hydrogens is 314 g/mol. The van der Waals surface area contributed by atoms with Crippen LogP contribution in [0.25, 0.3) is 0 Å². The van der Waals surface area contributed by atoms with Crippen LogP contribution in [0, 0.1) is 20.8 Å². The highest BCUT2D eigenvalue weighted by Crippen LogP contribution is 2.21. The van der Waals surface area contributed by atoms with Gasteiger partial charge < -0.3 is 14.8 Å². The van der Waals surface area contributed by atoms with E-state index >= 15 is 0 Å². The Morgan fingerprint density at radius 2 is 1.76 bits per heavy atom. The molecule has 0 bridgehead atoms. The van der Waals surface area contributed by atoms with E-state index in [9.17, 15) is 4.79 Å². The quantitative estimate of drug-likeness (QED) is 0.739. The standard InChI is InChI=1S/C21H27NO3/c1-5-18(25-20-14-15(2)10-11-17(20)4)21(23)22-12-13-24-19-9-7-6-8-16(19)3/h6-11,14,18H,5,12-13H2,1-4H3,(H,22,23)/t18-/m1/s1. The van der Waals surface area contributed by atoms with Gasteiger partial charge in [-0.25, -0.2) is 0 Å². The van der Waals surface area contributed by atoms with Gasteiger partial charge in [-0.3, -0.25) is 4.79 Å². The zero-order valence-electron chi connectivity index (χ0n) is 15.5. The number of benzene rings is 2. The lowest BCUT2D eigenvalue weighted by Crippen LogP contribution is -2.39. The fraction of sp³-hybridized carbons (Fsp3) is 0.381. The number of aryl methyl sites for hydroxylation is 3. The molecule has 0 fully saturated rings. The van der Waals surface area contributed by atoms with E-state index in [0.717, 1.165) is 28.2 Å². The van der Waals surface area contributed by atoms with E-state index in [1.807, 2.05) is 70.2 Å². The minimum atomic E-state index is -0.501. The zero-order valence-corrected chi connectivity index (χ0v) is 15.5. The minimum Gasteiger partial charge on any atom is -0.491 e. The highest BCUT2D eigenvalue weighted by atomic mass is 16.5. The van der Waals surface area contributed by atoms with E-state index in [4.69, 9.17) is 9.47 Å². The molecule has 2 aromatic rings. The fourth-order valence-electron chi connectivity index (χ4n) is 2.48. The molecule has 4 heteroatoms. The van der Waals surface area contributed by atoms with Crippen molar-refractivity contribution in [3.8, 4) is 11.5 Å². The van der Waals surface area contributed by atoms with Crippen molar-refractivity contribution >= 4 is 5.91 Å². The lowest BCUT2D eigenvalue weighted by Gasteiger charge is -2.19. The fourth-order valence-corrected chi connectivity index (χ4v) is 2.48. The first-order valence-electron chi connectivity index (χ1n) is 8.71. The number of hydrogen-bond acceptors (Lipinski definition) is 3. The van der Waals surface area contributed by atoms with Crippen molar-refractivity contribution in [1.82, 2.24) is 5.32 Å². The molecular formula is C21H27NO3. The van der Waals surface area contributed by atoms with Gasteiger partial charge in [-0.1, -0.05) is 37.3 Å². The van der Waals surface area contributed by atoms with Gasteiger partial charge in [0.2, 0.25) is 0 Å². The molecule has 0 aromatic heterocycles. The molecule has 0 saturated heterocycles. The van der Waals surface area contributed by atoms with Crippen LogP contribution in [0.3, 0.4) is 0 Å². The second-order valence-corrected chi connectivity index (χ2v) is 6.19. The lowest BCUT2D eigenvalue weighted by molar-refractivity contribution is -0.128. The molecule has 1 atom stereocenters. The molecule has 2 aromatic carbocycles. The van der Waals surface area contributed by atoms with Crippen LogP contribution in [0.1, 0.15) is 30.0 Å². The molecule has 0 aliphatic carbocycles. The molecule has 0 radical (unpaired) electrons. The predicted molar refractivity (Wildman–Crippen MR) is 100 cm³/mol.